The van der Waals surface area contributed by atoms with E-state index < -0.39 is 11.6 Å². The SMILES string of the molecule is CCc1cc(Cl)c(N=C(N)N=C(N)N)c(Cl)c1.CCc1ccc(N=C(N)N=C(N)N)c(F)c1.Cc1ccc(N=C(N)N=C(N)N)c(F)c1. The lowest BCUT2D eigenvalue weighted by Gasteiger charge is -2.05. The molecule has 0 fully saturated rings. The van der Waals surface area contributed by atoms with Crippen molar-refractivity contribution in [2.24, 2.45) is 81.6 Å². The summed E-state index contributed by atoms with van der Waals surface area (Å²) in [5, 5.41) is 0.811. The standard InChI is InChI=1S/C10H13Cl2N5.C10H14FN5.C9H12FN5/c1-2-5-3-6(11)8(7(12)4-5)16-10(15)17-9(13)14;1-2-6-3-4-8(7(11)5-6)15-10(14)16-9(12)13;1-5-2-3-7(6(10)4-5)14-9(13)15-8(11)12/h3-4H,2H2,1H3,(H6,13,14,15,16,17);3-5H,2H2,1H3,(H6,12,13,14,15,16);2-4H,1H3,(H6,11,12,13,14,15). The molecule has 0 saturated heterocycles. The number of nitrogens with two attached hydrogens (primary N) is 9. The Kier molecular flexibility index (Phi) is 16.6. The molecule has 18 N–H and O–H groups in total. The van der Waals surface area contributed by atoms with E-state index in [1.54, 1.807) is 31.2 Å². The maximum absolute atomic E-state index is 13.5. The van der Waals surface area contributed by atoms with E-state index in [2.05, 4.69) is 30.0 Å². The number of halogens is 4. The van der Waals surface area contributed by atoms with Crippen LogP contribution in [0.25, 0.3) is 0 Å². The van der Waals surface area contributed by atoms with Gasteiger partial charge in [0.05, 0.1) is 10.0 Å². The molecule has 0 aliphatic rings. The average molecular weight is 707 g/mol. The Balaban J connectivity index is 0.000000361. The smallest absolute Gasteiger partial charge is 0.223 e. The van der Waals surface area contributed by atoms with Gasteiger partial charge < -0.3 is 51.6 Å². The van der Waals surface area contributed by atoms with Crippen molar-refractivity contribution in [1.82, 2.24) is 0 Å². The van der Waals surface area contributed by atoms with E-state index in [4.69, 9.17) is 74.8 Å². The second-order valence-electron chi connectivity index (χ2n) is 9.38. The van der Waals surface area contributed by atoms with Crippen molar-refractivity contribution in [2.75, 3.05) is 0 Å². The van der Waals surface area contributed by atoms with Gasteiger partial charge in [-0.1, -0.05) is 49.2 Å². The number of hydrogen-bond donors (Lipinski definition) is 9. The fourth-order valence-electron chi connectivity index (χ4n) is 3.33. The van der Waals surface area contributed by atoms with Gasteiger partial charge in [0, 0.05) is 0 Å². The zero-order valence-corrected chi connectivity index (χ0v) is 27.9. The third kappa shape index (κ3) is 15.1. The zero-order valence-electron chi connectivity index (χ0n) is 26.4. The zero-order chi connectivity index (χ0) is 36.6. The highest BCUT2D eigenvalue weighted by Gasteiger charge is 2.08. The normalized spacial score (nSPS) is 11.3. The van der Waals surface area contributed by atoms with E-state index >= 15 is 0 Å². The Bertz CT molecular complexity index is 1720. The second kappa shape index (κ2) is 19.7. The molecule has 0 radical (unpaired) electrons. The Morgan fingerprint density at radius 1 is 0.562 bits per heavy atom. The van der Waals surface area contributed by atoms with Crippen LogP contribution in [0.2, 0.25) is 10.0 Å². The van der Waals surface area contributed by atoms with Crippen LogP contribution >= 0.6 is 23.2 Å². The summed E-state index contributed by atoms with van der Waals surface area (Å²) in [4.78, 5) is 22.0. The molecular formula is C29H39Cl2F2N15. The van der Waals surface area contributed by atoms with Crippen molar-refractivity contribution in [1.29, 1.82) is 0 Å². The molecule has 48 heavy (non-hydrogen) atoms. The topological polar surface area (TPSA) is 308 Å². The second-order valence-corrected chi connectivity index (χ2v) is 10.2. The number of hydrogen-bond acceptors (Lipinski definition) is 3. The summed E-state index contributed by atoms with van der Waals surface area (Å²) in [6, 6.07) is 12.8. The molecule has 0 aromatic heterocycles. The monoisotopic (exact) mass is 705 g/mol. The number of guanidine groups is 6. The predicted molar refractivity (Wildman–Crippen MR) is 194 cm³/mol. The summed E-state index contributed by atoms with van der Waals surface area (Å²) >= 11 is 12.1. The minimum Gasteiger partial charge on any atom is -0.370 e. The molecule has 19 heteroatoms. The predicted octanol–water partition coefficient (Wildman–Crippen LogP) is 2.74. The lowest BCUT2D eigenvalue weighted by atomic mass is 10.1. The Labute approximate surface area is 286 Å². The molecule has 15 nitrogen and oxygen atoms in total. The third-order valence-electron chi connectivity index (χ3n) is 5.44. The largest absolute Gasteiger partial charge is 0.370 e. The number of aryl methyl sites for hydroxylation is 3. The molecule has 3 aromatic rings. The summed E-state index contributed by atoms with van der Waals surface area (Å²) < 4.78 is 26.7. The van der Waals surface area contributed by atoms with Crippen molar-refractivity contribution in [3.05, 3.63) is 86.9 Å². The molecule has 0 unspecified atom stereocenters. The van der Waals surface area contributed by atoms with Gasteiger partial charge in [-0.25, -0.2) is 23.8 Å². The summed E-state index contributed by atoms with van der Waals surface area (Å²) in [7, 11) is 0. The Morgan fingerprint density at radius 3 is 1.33 bits per heavy atom. The minimum absolute atomic E-state index is 0.0990. The van der Waals surface area contributed by atoms with Gasteiger partial charge in [-0.05, 0) is 72.9 Å². The van der Waals surface area contributed by atoms with Gasteiger partial charge >= 0.3 is 0 Å². The molecular weight excluding hydrogens is 667 g/mol. The van der Waals surface area contributed by atoms with Crippen LogP contribution in [0.5, 0.6) is 0 Å². The number of aliphatic imine (C=N–C) groups is 6. The minimum atomic E-state index is -0.469. The Hall–Kier alpha value is -5.68. The van der Waals surface area contributed by atoms with Crippen LogP contribution in [-0.2, 0) is 12.8 Å². The van der Waals surface area contributed by atoms with Crippen molar-refractivity contribution in [2.45, 2.75) is 33.6 Å². The van der Waals surface area contributed by atoms with Crippen molar-refractivity contribution >= 4 is 76.0 Å². The summed E-state index contributed by atoms with van der Waals surface area (Å²) in [6.45, 7) is 5.71. The average Bonchev–Trinajstić information content (AvgIpc) is 2.97. The molecule has 258 valence electrons. The lowest BCUT2D eigenvalue weighted by molar-refractivity contribution is 0.627. The third-order valence-corrected chi connectivity index (χ3v) is 6.01. The molecule has 0 saturated carbocycles. The van der Waals surface area contributed by atoms with Crippen molar-refractivity contribution in [3.8, 4) is 0 Å². The fraction of sp³-hybridized carbons (Fsp3) is 0.172. The van der Waals surface area contributed by atoms with E-state index in [9.17, 15) is 8.78 Å². The van der Waals surface area contributed by atoms with E-state index in [1.807, 2.05) is 13.8 Å². The van der Waals surface area contributed by atoms with Crippen molar-refractivity contribution < 1.29 is 8.78 Å². The van der Waals surface area contributed by atoms with Gasteiger partial charge in [0.2, 0.25) is 17.9 Å². The maximum Gasteiger partial charge on any atom is 0.223 e. The lowest BCUT2D eigenvalue weighted by Crippen LogP contribution is -2.26. The van der Waals surface area contributed by atoms with Gasteiger partial charge in [-0.15, -0.1) is 0 Å². The summed E-state index contributed by atoms with van der Waals surface area (Å²) in [5.74, 6) is -1.99. The first-order valence-electron chi connectivity index (χ1n) is 13.8. The van der Waals surface area contributed by atoms with Crippen LogP contribution in [0, 0.1) is 18.6 Å². The molecule has 0 amide bonds. The van der Waals surface area contributed by atoms with E-state index in [0.29, 0.717) is 15.7 Å². The molecule has 3 aromatic carbocycles. The van der Waals surface area contributed by atoms with Gasteiger partial charge in [0.25, 0.3) is 0 Å². The van der Waals surface area contributed by atoms with Crippen LogP contribution in [0.3, 0.4) is 0 Å². The number of nitrogens with zero attached hydrogens (tertiary/aromatic N) is 6. The highest BCUT2D eigenvalue weighted by atomic mass is 35.5. The number of benzene rings is 3. The first-order valence-corrected chi connectivity index (χ1v) is 14.5. The van der Waals surface area contributed by atoms with E-state index in [-0.39, 0.29) is 47.1 Å². The van der Waals surface area contributed by atoms with E-state index in [1.165, 1.54) is 24.3 Å². The molecule has 0 heterocycles. The quantitative estimate of drug-likeness (QED) is 0.139. The highest BCUT2D eigenvalue weighted by Crippen LogP contribution is 2.34. The molecule has 0 spiro atoms. The number of rotatable bonds is 5. The van der Waals surface area contributed by atoms with Gasteiger partial charge in [0.15, 0.2) is 17.9 Å². The molecule has 3 rings (SSSR count). The molecule has 0 bridgehead atoms. The van der Waals surface area contributed by atoms with Crippen LogP contribution in [0.4, 0.5) is 25.8 Å². The van der Waals surface area contributed by atoms with Crippen LogP contribution < -0.4 is 51.6 Å². The van der Waals surface area contributed by atoms with Crippen LogP contribution in [0.15, 0.2) is 78.5 Å². The highest BCUT2D eigenvalue weighted by molar-refractivity contribution is 6.39. The van der Waals surface area contributed by atoms with Gasteiger partial charge in [-0.2, -0.15) is 15.0 Å². The maximum atomic E-state index is 13.5. The molecule has 0 aliphatic carbocycles. The first kappa shape index (κ1) is 40.3. The fourth-order valence-corrected chi connectivity index (χ4v) is 3.94. The van der Waals surface area contributed by atoms with Crippen LogP contribution in [0.1, 0.15) is 30.5 Å². The molecule has 0 aliphatic heterocycles. The van der Waals surface area contributed by atoms with Gasteiger partial charge in [0.1, 0.15) is 28.7 Å². The van der Waals surface area contributed by atoms with Crippen molar-refractivity contribution in [3.63, 3.8) is 0 Å². The first-order chi connectivity index (χ1) is 22.4. The summed E-state index contributed by atoms with van der Waals surface area (Å²) in [5.41, 5.74) is 50.2. The van der Waals surface area contributed by atoms with E-state index in [0.717, 1.165) is 29.5 Å². The Morgan fingerprint density at radius 2 is 0.958 bits per heavy atom. The van der Waals surface area contributed by atoms with Crippen LogP contribution in [-0.4, -0.2) is 35.8 Å². The molecule has 0 atom stereocenters. The summed E-state index contributed by atoms with van der Waals surface area (Å²) in [6.07, 6.45) is 1.58. The van der Waals surface area contributed by atoms with Gasteiger partial charge in [-0.3, -0.25) is 0 Å².